The Morgan fingerprint density at radius 1 is 1.06 bits per heavy atom. The Balaban J connectivity index is 1.55. The maximum Gasteiger partial charge on any atom is 0.200 e. The Morgan fingerprint density at radius 2 is 1.84 bits per heavy atom. The predicted octanol–water partition coefficient (Wildman–Crippen LogP) is 5.89. The van der Waals surface area contributed by atoms with Crippen molar-refractivity contribution in [3.63, 3.8) is 0 Å². The highest BCUT2D eigenvalue weighted by molar-refractivity contribution is 9.10. The van der Waals surface area contributed by atoms with Crippen LogP contribution < -0.4 is 14.9 Å². The maximum absolute atomic E-state index is 13.4. The van der Waals surface area contributed by atoms with E-state index in [-0.39, 0.29) is 5.43 Å². The van der Waals surface area contributed by atoms with Gasteiger partial charge in [0.1, 0.15) is 29.6 Å². The number of para-hydroxylation sites is 1. The Morgan fingerprint density at radius 3 is 2.62 bits per heavy atom. The number of aryl methyl sites for hydroxylation is 1. The third-order valence-corrected chi connectivity index (χ3v) is 6.33. The average Bonchev–Trinajstić information content (AvgIpc) is 2.80. The summed E-state index contributed by atoms with van der Waals surface area (Å²) in [5.41, 5.74) is 3.97. The molecule has 5 rings (SSSR count). The lowest BCUT2D eigenvalue weighted by molar-refractivity contribution is 0.0882. The minimum Gasteiger partial charge on any atom is -0.496 e. The minimum atomic E-state index is -0.0317. The monoisotopic (exact) mass is 491 g/mol. The standard InChI is InChI=1S/C26H22BrNO4/c1-16-24(17-7-9-19(27)10-8-17)25(29)20-11-12-23-21(26(20)32-16)14-28(15-31-23)13-18-5-3-4-6-22(18)30-2/h3-12H,13-15H2,1-2H3. The summed E-state index contributed by atoms with van der Waals surface area (Å²) in [6.45, 7) is 3.58. The molecule has 5 nitrogen and oxygen atoms in total. The van der Waals surface area contributed by atoms with Gasteiger partial charge in [-0.25, -0.2) is 0 Å². The van der Waals surface area contributed by atoms with Crippen molar-refractivity contribution in [1.29, 1.82) is 0 Å². The van der Waals surface area contributed by atoms with Gasteiger partial charge in [0.15, 0.2) is 0 Å². The number of fused-ring (bicyclic) bond motifs is 3. The van der Waals surface area contributed by atoms with Gasteiger partial charge in [0, 0.05) is 23.1 Å². The molecule has 0 aliphatic carbocycles. The Kier molecular flexibility index (Phi) is 5.49. The van der Waals surface area contributed by atoms with E-state index in [0.717, 1.165) is 32.7 Å². The Hall–Kier alpha value is -3.09. The summed E-state index contributed by atoms with van der Waals surface area (Å²) in [6, 6.07) is 19.3. The van der Waals surface area contributed by atoms with Crippen LogP contribution >= 0.6 is 15.9 Å². The first-order valence-corrected chi connectivity index (χ1v) is 11.2. The van der Waals surface area contributed by atoms with Gasteiger partial charge in [-0.15, -0.1) is 0 Å². The second kappa shape index (κ2) is 8.45. The van der Waals surface area contributed by atoms with Crippen molar-refractivity contribution in [2.75, 3.05) is 13.8 Å². The number of ether oxygens (including phenoxy) is 2. The third-order valence-electron chi connectivity index (χ3n) is 5.80. The number of hydrogen-bond acceptors (Lipinski definition) is 5. The highest BCUT2D eigenvalue weighted by Gasteiger charge is 2.24. The van der Waals surface area contributed by atoms with Crippen LogP contribution in [0.25, 0.3) is 22.1 Å². The molecule has 0 spiro atoms. The first-order valence-electron chi connectivity index (χ1n) is 10.4. The fourth-order valence-electron chi connectivity index (χ4n) is 4.25. The van der Waals surface area contributed by atoms with Crippen molar-refractivity contribution in [3.8, 4) is 22.6 Å². The van der Waals surface area contributed by atoms with Gasteiger partial charge in [0.2, 0.25) is 5.43 Å². The number of rotatable bonds is 4. The van der Waals surface area contributed by atoms with E-state index in [4.69, 9.17) is 13.9 Å². The molecule has 0 fully saturated rings. The zero-order valence-corrected chi connectivity index (χ0v) is 19.4. The van der Waals surface area contributed by atoms with Gasteiger partial charge in [-0.05, 0) is 42.8 Å². The van der Waals surface area contributed by atoms with E-state index >= 15 is 0 Å². The van der Waals surface area contributed by atoms with E-state index in [1.165, 1.54) is 0 Å². The number of halogens is 1. The fraction of sp³-hybridized carbons (Fsp3) is 0.192. The molecule has 3 aromatic carbocycles. The largest absolute Gasteiger partial charge is 0.496 e. The van der Waals surface area contributed by atoms with Gasteiger partial charge in [0.25, 0.3) is 0 Å². The average molecular weight is 492 g/mol. The molecule has 1 aliphatic heterocycles. The number of methoxy groups -OCH3 is 1. The maximum atomic E-state index is 13.4. The van der Waals surface area contributed by atoms with E-state index in [0.29, 0.717) is 42.1 Å². The van der Waals surface area contributed by atoms with Gasteiger partial charge in [-0.3, -0.25) is 9.69 Å². The van der Waals surface area contributed by atoms with E-state index < -0.39 is 0 Å². The molecule has 0 saturated carbocycles. The summed E-state index contributed by atoms with van der Waals surface area (Å²) in [4.78, 5) is 15.6. The molecule has 0 bridgehead atoms. The summed E-state index contributed by atoms with van der Waals surface area (Å²) >= 11 is 3.45. The summed E-state index contributed by atoms with van der Waals surface area (Å²) in [7, 11) is 1.68. The van der Waals surface area contributed by atoms with E-state index in [1.807, 2.05) is 61.5 Å². The molecule has 1 aliphatic rings. The van der Waals surface area contributed by atoms with Crippen LogP contribution in [-0.4, -0.2) is 18.7 Å². The lowest BCUT2D eigenvalue weighted by atomic mass is 10.0. The molecule has 1 aromatic heterocycles. The summed E-state index contributed by atoms with van der Waals surface area (Å²) in [6.07, 6.45) is 0. The van der Waals surface area contributed by atoms with Crippen LogP contribution in [0.1, 0.15) is 16.9 Å². The predicted molar refractivity (Wildman–Crippen MR) is 128 cm³/mol. The van der Waals surface area contributed by atoms with Crippen LogP contribution in [0.2, 0.25) is 0 Å². The Bertz CT molecular complexity index is 1360. The minimum absolute atomic E-state index is 0.0317. The van der Waals surface area contributed by atoms with Crippen molar-refractivity contribution in [3.05, 3.63) is 92.2 Å². The van der Waals surface area contributed by atoms with Crippen LogP contribution in [0.15, 0.2) is 74.3 Å². The third kappa shape index (κ3) is 3.70. The van der Waals surface area contributed by atoms with Gasteiger partial charge in [-0.1, -0.05) is 46.3 Å². The number of benzene rings is 3. The van der Waals surface area contributed by atoms with Crippen molar-refractivity contribution < 1.29 is 13.9 Å². The molecular formula is C26H22BrNO4. The van der Waals surface area contributed by atoms with Crippen molar-refractivity contribution in [2.45, 2.75) is 20.0 Å². The molecule has 162 valence electrons. The van der Waals surface area contributed by atoms with E-state index in [2.05, 4.69) is 20.8 Å². The van der Waals surface area contributed by atoms with Crippen molar-refractivity contribution in [2.24, 2.45) is 0 Å². The molecule has 0 N–H and O–H groups in total. The summed E-state index contributed by atoms with van der Waals surface area (Å²) in [5.74, 6) is 2.20. The molecule has 0 unspecified atom stereocenters. The molecule has 32 heavy (non-hydrogen) atoms. The zero-order chi connectivity index (χ0) is 22.2. The van der Waals surface area contributed by atoms with Crippen LogP contribution in [-0.2, 0) is 13.1 Å². The van der Waals surface area contributed by atoms with Gasteiger partial charge in [-0.2, -0.15) is 0 Å². The van der Waals surface area contributed by atoms with Crippen molar-refractivity contribution >= 4 is 26.9 Å². The van der Waals surface area contributed by atoms with Crippen LogP contribution in [0.3, 0.4) is 0 Å². The first kappa shape index (κ1) is 20.8. The van der Waals surface area contributed by atoms with Gasteiger partial charge >= 0.3 is 0 Å². The quantitative estimate of drug-likeness (QED) is 0.356. The topological polar surface area (TPSA) is 51.9 Å². The molecular weight excluding hydrogens is 470 g/mol. The molecule has 6 heteroatoms. The smallest absolute Gasteiger partial charge is 0.200 e. The van der Waals surface area contributed by atoms with Crippen LogP contribution in [0, 0.1) is 6.92 Å². The van der Waals surface area contributed by atoms with Gasteiger partial charge < -0.3 is 13.9 Å². The highest BCUT2D eigenvalue weighted by Crippen LogP contribution is 2.35. The van der Waals surface area contributed by atoms with Crippen molar-refractivity contribution in [1.82, 2.24) is 4.90 Å². The van der Waals surface area contributed by atoms with Gasteiger partial charge in [0.05, 0.1) is 23.6 Å². The first-order chi connectivity index (χ1) is 15.5. The lowest BCUT2D eigenvalue weighted by Gasteiger charge is -2.29. The molecule has 0 atom stereocenters. The molecule has 0 amide bonds. The number of hydrogen-bond donors (Lipinski definition) is 0. The molecule has 4 aromatic rings. The SMILES string of the molecule is COc1ccccc1CN1COc2ccc3c(=O)c(-c4ccc(Br)cc4)c(C)oc3c2C1. The second-order valence-electron chi connectivity index (χ2n) is 7.86. The summed E-state index contributed by atoms with van der Waals surface area (Å²) in [5, 5.41) is 0.565. The highest BCUT2D eigenvalue weighted by atomic mass is 79.9. The lowest BCUT2D eigenvalue weighted by Crippen LogP contribution is -2.32. The van der Waals surface area contributed by atoms with E-state index in [9.17, 15) is 4.79 Å². The Labute approximate surface area is 194 Å². The second-order valence-corrected chi connectivity index (χ2v) is 8.78. The summed E-state index contributed by atoms with van der Waals surface area (Å²) < 4.78 is 18.7. The zero-order valence-electron chi connectivity index (χ0n) is 17.9. The fourth-order valence-corrected chi connectivity index (χ4v) is 4.51. The van der Waals surface area contributed by atoms with Crippen LogP contribution in [0.4, 0.5) is 0 Å². The molecule has 0 radical (unpaired) electrons. The van der Waals surface area contributed by atoms with Crippen LogP contribution in [0.5, 0.6) is 11.5 Å². The molecule has 0 saturated heterocycles. The molecule has 2 heterocycles. The number of nitrogens with zero attached hydrogens (tertiary/aromatic N) is 1. The normalized spacial score (nSPS) is 13.6. The van der Waals surface area contributed by atoms with E-state index in [1.54, 1.807) is 13.2 Å².